The average molecular weight is 233 g/mol. The molecule has 0 radical (unpaired) electrons. The lowest BCUT2D eigenvalue weighted by Crippen LogP contribution is -2.49. The summed E-state index contributed by atoms with van der Waals surface area (Å²) in [6, 6.07) is 0. The maximum absolute atomic E-state index is 3.71. The van der Waals surface area contributed by atoms with Crippen LogP contribution in [0.25, 0.3) is 0 Å². The Kier molecular flexibility index (Phi) is 3.63. The Hall–Kier alpha value is 0.480. The van der Waals surface area contributed by atoms with Crippen molar-refractivity contribution in [2.75, 3.05) is 5.33 Å². The number of halogens is 1. The number of rotatable bonds is 4. The van der Waals surface area contributed by atoms with E-state index in [-0.39, 0.29) is 0 Å². The van der Waals surface area contributed by atoms with Gasteiger partial charge >= 0.3 is 0 Å². The van der Waals surface area contributed by atoms with Crippen LogP contribution in [0.2, 0.25) is 0 Å². The van der Waals surface area contributed by atoms with Crippen LogP contribution in [0, 0.1) is 17.3 Å². The highest BCUT2D eigenvalue weighted by Crippen LogP contribution is 2.57. The molecule has 1 saturated carbocycles. The minimum atomic E-state index is 0.656. The summed E-state index contributed by atoms with van der Waals surface area (Å²) in [5.41, 5.74) is 0.656. The Morgan fingerprint density at radius 2 is 1.67 bits per heavy atom. The highest BCUT2D eigenvalue weighted by Gasteiger charge is 2.50. The van der Waals surface area contributed by atoms with E-state index in [9.17, 15) is 0 Å². The molecule has 1 heteroatoms. The zero-order valence-corrected chi connectivity index (χ0v) is 10.2. The molecule has 72 valence electrons. The Labute approximate surface area is 85.3 Å². The number of hydrogen-bond acceptors (Lipinski definition) is 0. The van der Waals surface area contributed by atoms with Crippen molar-refractivity contribution in [3.63, 3.8) is 0 Å². The van der Waals surface area contributed by atoms with E-state index in [1.54, 1.807) is 0 Å². The van der Waals surface area contributed by atoms with Crippen molar-refractivity contribution in [3.05, 3.63) is 0 Å². The van der Waals surface area contributed by atoms with E-state index in [2.05, 4.69) is 36.7 Å². The van der Waals surface area contributed by atoms with E-state index in [0.717, 1.165) is 11.8 Å². The predicted octanol–water partition coefficient (Wildman–Crippen LogP) is 4.23. The third-order valence-corrected chi connectivity index (χ3v) is 5.13. The van der Waals surface area contributed by atoms with Gasteiger partial charge in [-0.3, -0.25) is 0 Å². The van der Waals surface area contributed by atoms with E-state index >= 15 is 0 Å². The van der Waals surface area contributed by atoms with Crippen LogP contribution in [-0.4, -0.2) is 5.33 Å². The van der Waals surface area contributed by atoms with Gasteiger partial charge in [0.15, 0.2) is 0 Å². The van der Waals surface area contributed by atoms with Crippen molar-refractivity contribution in [1.82, 2.24) is 0 Å². The molecule has 2 atom stereocenters. The standard InChI is InChI=1S/C11H21Br/c1-4-9-7-10(5-2)11(9,6-3)8-12/h9-10H,4-8H2,1-3H3. The van der Waals surface area contributed by atoms with Crippen LogP contribution in [0.4, 0.5) is 0 Å². The number of alkyl halides is 1. The Balaban J connectivity index is 2.65. The van der Waals surface area contributed by atoms with Gasteiger partial charge in [0.25, 0.3) is 0 Å². The molecule has 0 N–H and O–H groups in total. The zero-order valence-electron chi connectivity index (χ0n) is 8.57. The first-order valence-corrected chi connectivity index (χ1v) is 6.43. The molecule has 0 heterocycles. The molecule has 0 aromatic rings. The van der Waals surface area contributed by atoms with Crippen LogP contribution in [0.5, 0.6) is 0 Å². The zero-order chi connectivity index (χ0) is 9.19. The lowest BCUT2D eigenvalue weighted by molar-refractivity contribution is -0.0392. The quantitative estimate of drug-likeness (QED) is 0.637. The predicted molar refractivity (Wildman–Crippen MR) is 58.7 cm³/mol. The monoisotopic (exact) mass is 232 g/mol. The second-order valence-corrected chi connectivity index (χ2v) is 4.73. The van der Waals surface area contributed by atoms with Gasteiger partial charge < -0.3 is 0 Å². The molecule has 12 heavy (non-hydrogen) atoms. The third kappa shape index (κ3) is 1.34. The van der Waals surface area contributed by atoms with Gasteiger partial charge in [0, 0.05) is 5.33 Å². The van der Waals surface area contributed by atoms with E-state index in [1.807, 2.05) is 0 Å². The van der Waals surface area contributed by atoms with Crippen molar-refractivity contribution < 1.29 is 0 Å². The average Bonchev–Trinajstić information content (AvgIpc) is 2.07. The molecular formula is C11H21Br. The van der Waals surface area contributed by atoms with Gasteiger partial charge in [0.2, 0.25) is 0 Å². The van der Waals surface area contributed by atoms with Crippen molar-refractivity contribution in [2.24, 2.45) is 17.3 Å². The molecule has 2 unspecified atom stereocenters. The Morgan fingerprint density at radius 3 is 1.92 bits per heavy atom. The van der Waals surface area contributed by atoms with Crippen LogP contribution >= 0.6 is 15.9 Å². The maximum atomic E-state index is 3.71. The van der Waals surface area contributed by atoms with Gasteiger partial charge in [-0.05, 0) is 30.1 Å². The van der Waals surface area contributed by atoms with Gasteiger partial charge in [0.05, 0.1) is 0 Å². The molecule has 1 fully saturated rings. The molecule has 0 nitrogen and oxygen atoms in total. The van der Waals surface area contributed by atoms with Gasteiger partial charge in [-0.15, -0.1) is 0 Å². The summed E-state index contributed by atoms with van der Waals surface area (Å²) in [6.07, 6.45) is 5.58. The van der Waals surface area contributed by atoms with Crippen LogP contribution in [-0.2, 0) is 0 Å². The lowest BCUT2D eigenvalue weighted by atomic mass is 9.51. The summed E-state index contributed by atoms with van der Waals surface area (Å²) in [5, 5.41) is 1.22. The summed E-state index contributed by atoms with van der Waals surface area (Å²) in [4.78, 5) is 0. The van der Waals surface area contributed by atoms with Crippen LogP contribution in [0.3, 0.4) is 0 Å². The van der Waals surface area contributed by atoms with Crippen LogP contribution in [0.1, 0.15) is 46.5 Å². The minimum Gasteiger partial charge on any atom is -0.0922 e. The van der Waals surface area contributed by atoms with Gasteiger partial charge in [-0.1, -0.05) is 49.5 Å². The normalized spacial score (nSPS) is 41.0. The highest BCUT2D eigenvalue weighted by atomic mass is 79.9. The lowest BCUT2D eigenvalue weighted by Gasteiger charge is -2.55. The summed E-state index contributed by atoms with van der Waals surface area (Å²) < 4.78 is 0. The summed E-state index contributed by atoms with van der Waals surface area (Å²) in [7, 11) is 0. The Bertz CT molecular complexity index is 126. The first kappa shape index (κ1) is 10.6. The topological polar surface area (TPSA) is 0 Å². The van der Waals surface area contributed by atoms with Gasteiger partial charge in [-0.2, -0.15) is 0 Å². The molecule has 0 aromatic carbocycles. The molecule has 0 saturated heterocycles. The fourth-order valence-electron chi connectivity index (χ4n) is 3.02. The second-order valence-electron chi connectivity index (χ2n) is 4.17. The van der Waals surface area contributed by atoms with Gasteiger partial charge in [-0.25, -0.2) is 0 Å². The van der Waals surface area contributed by atoms with Crippen molar-refractivity contribution in [2.45, 2.75) is 46.5 Å². The molecule has 0 aliphatic heterocycles. The van der Waals surface area contributed by atoms with Crippen molar-refractivity contribution >= 4 is 15.9 Å². The van der Waals surface area contributed by atoms with Crippen molar-refractivity contribution in [1.29, 1.82) is 0 Å². The molecule has 0 bridgehead atoms. The number of hydrogen-bond donors (Lipinski definition) is 0. The summed E-state index contributed by atoms with van der Waals surface area (Å²) >= 11 is 3.71. The van der Waals surface area contributed by atoms with Gasteiger partial charge in [0.1, 0.15) is 0 Å². The fourth-order valence-corrected chi connectivity index (χ4v) is 4.33. The third-order valence-electron chi connectivity index (χ3n) is 4.09. The van der Waals surface area contributed by atoms with E-state index < -0.39 is 0 Å². The van der Waals surface area contributed by atoms with Crippen LogP contribution < -0.4 is 0 Å². The summed E-state index contributed by atoms with van der Waals surface area (Å²) in [5.74, 6) is 1.98. The molecule has 0 aromatic heterocycles. The minimum absolute atomic E-state index is 0.656. The second kappa shape index (κ2) is 4.13. The SMILES string of the molecule is CCC1CC(CC)C1(CC)CBr. The Morgan fingerprint density at radius 1 is 1.17 bits per heavy atom. The largest absolute Gasteiger partial charge is 0.0922 e. The van der Waals surface area contributed by atoms with E-state index in [0.29, 0.717) is 5.41 Å². The molecule has 1 rings (SSSR count). The smallest absolute Gasteiger partial charge is 0.00931 e. The molecule has 0 amide bonds. The van der Waals surface area contributed by atoms with Crippen molar-refractivity contribution in [3.8, 4) is 0 Å². The molecule has 0 spiro atoms. The summed E-state index contributed by atoms with van der Waals surface area (Å²) in [6.45, 7) is 7.03. The maximum Gasteiger partial charge on any atom is 0.00931 e. The first-order chi connectivity index (χ1) is 5.75. The van der Waals surface area contributed by atoms with E-state index in [1.165, 1.54) is 31.0 Å². The van der Waals surface area contributed by atoms with E-state index in [4.69, 9.17) is 0 Å². The molecular weight excluding hydrogens is 212 g/mol. The molecule has 1 aliphatic rings. The fraction of sp³-hybridized carbons (Fsp3) is 1.00. The first-order valence-electron chi connectivity index (χ1n) is 5.31. The molecule has 1 aliphatic carbocycles. The van der Waals surface area contributed by atoms with Crippen LogP contribution in [0.15, 0.2) is 0 Å². The highest BCUT2D eigenvalue weighted by molar-refractivity contribution is 9.09.